The maximum atomic E-state index is 13.1. The molecular weight excluding hydrogens is 426 g/mol. The largest absolute Gasteiger partial charge is 0.391 e. The molecule has 2 aromatic rings. The molecule has 9 heteroatoms. The van der Waals surface area contributed by atoms with Crippen molar-refractivity contribution in [2.75, 3.05) is 32.7 Å². The summed E-state index contributed by atoms with van der Waals surface area (Å²) in [6.07, 6.45) is -0.401. The molecule has 3 N–H and O–H groups in total. The third-order valence-electron chi connectivity index (χ3n) is 6.35. The van der Waals surface area contributed by atoms with Gasteiger partial charge in [0, 0.05) is 45.7 Å². The molecule has 3 heterocycles. The zero-order valence-electron chi connectivity index (χ0n) is 18.6. The molecule has 3 unspecified atom stereocenters. The van der Waals surface area contributed by atoms with E-state index in [9.17, 15) is 14.7 Å². The molecule has 3 atom stereocenters. The van der Waals surface area contributed by atoms with Crippen molar-refractivity contribution in [2.45, 2.75) is 45.0 Å². The zero-order valence-corrected chi connectivity index (χ0v) is 19.4. The van der Waals surface area contributed by atoms with Gasteiger partial charge in [0.1, 0.15) is 6.04 Å². The van der Waals surface area contributed by atoms with Gasteiger partial charge in [0.05, 0.1) is 28.2 Å². The number of piperazine rings is 1. The van der Waals surface area contributed by atoms with Crippen molar-refractivity contribution in [3.05, 3.63) is 41.0 Å². The Morgan fingerprint density at radius 3 is 2.66 bits per heavy atom. The number of nitrogens with one attached hydrogen (secondary N) is 2. The predicted molar refractivity (Wildman–Crippen MR) is 124 cm³/mol. The number of aromatic nitrogens is 1. The van der Waals surface area contributed by atoms with E-state index < -0.39 is 12.1 Å². The van der Waals surface area contributed by atoms with Gasteiger partial charge >= 0.3 is 0 Å². The molecule has 1 aromatic carbocycles. The van der Waals surface area contributed by atoms with Crippen LogP contribution in [0.2, 0.25) is 0 Å². The summed E-state index contributed by atoms with van der Waals surface area (Å²) in [5.41, 5.74) is 4.94. The fourth-order valence-electron chi connectivity index (χ4n) is 4.43. The van der Waals surface area contributed by atoms with Gasteiger partial charge in [0.2, 0.25) is 11.8 Å². The first-order valence-corrected chi connectivity index (χ1v) is 12.0. The van der Waals surface area contributed by atoms with Gasteiger partial charge in [-0.25, -0.2) is 4.98 Å². The molecule has 2 aliphatic heterocycles. The van der Waals surface area contributed by atoms with Crippen molar-refractivity contribution in [2.24, 2.45) is 0 Å². The molecular formula is C23H31N5O3S. The van der Waals surface area contributed by atoms with Crippen LogP contribution in [0.25, 0.3) is 10.4 Å². The summed E-state index contributed by atoms with van der Waals surface area (Å²) in [6, 6.07) is 7.11. The second kappa shape index (κ2) is 10.1. The van der Waals surface area contributed by atoms with Crippen LogP contribution in [0.4, 0.5) is 0 Å². The topological polar surface area (TPSA) is 97.8 Å². The van der Waals surface area contributed by atoms with E-state index in [1.54, 1.807) is 16.2 Å². The van der Waals surface area contributed by atoms with Crippen LogP contribution in [0, 0.1) is 6.92 Å². The zero-order chi connectivity index (χ0) is 22.7. The van der Waals surface area contributed by atoms with E-state index in [2.05, 4.69) is 20.5 Å². The number of hydrogen-bond acceptors (Lipinski definition) is 7. The maximum absolute atomic E-state index is 13.1. The number of hydrogen-bond donors (Lipinski definition) is 3. The van der Waals surface area contributed by atoms with E-state index in [4.69, 9.17) is 0 Å². The standard InChI is InChI=1S/C23H31N5O3S/c1-15-21(32-14-26-15)18-5-3-17(4-6-18)12-25-22(30)20-11-19(29)13-28(20)23(31)16(2)27-9-7-24-8-10-27/h3-6,14,16,19-20,24,29H,7-13H2,1-2H3,(H,25,30). The number of likely N-dealkylation sites (tertiary alicyclic amines) is 1. The van der Waals surface area contributed by atoms with Crippen molar-refractivity contribution >= 4 is 23.2 Å². The van der Waals surface area contributed by atoms with E-state index in [0.29, 0.717) is 6.54 Å². The van der Waals surface area contributed by atoms with E-state index in [1.807, 2.05) is 43.6 Å². The lowest BCUT2D eigenvalue weighted by atomic mass is 10.1. The Labute approximate surface area is 192 Å². The molecule has 4 rings (SSSR count). The van der Waals surface area contributed by atoms with Gasteiger partial charge in [-0.3, -0.25) is 14.5 Å². The van der Waals surface area contributed by atoms with Crippen LogP contribution >= 0.6 is 11.3 Å². The summed E-state index contributed by atoms with van der Waals surface area (Å²) < 4.78 is 0. The highest BCUT2D eigenvalue weighted by Gasteiger charge is 2.41. The summed E-state index contributed by atoms with van der Waals surface area (Å²) in [7, 11) is 0. The van der Waals surface area contributed by atoms with Crippen LogP contribution in [0.3, 0.4) is 0 Å². The molecule has 2 saturated heterocycles. The smallest absolute Gasteiger partial charge is 0.243 e. The quantitative estimate of drug-likeness (QED) is 0.599. The van der Waals surface area contributed by atoms with Gasteiger partial charge in [0.15, 0.2) is 0 Å². The molecule has 1 aromatic heterocycles. The van der Waals surface area contributed by atoms with Crippen LogP contribution < -0.4 is 10.6 Å². The minimum absolute atomic E-state index is 0.0899. The lowest BCUT2D eigenvalue weighted by Gasteiger charge is -2.35. The lowest BCUT2D eigenvalue weighted by molar-refractivity contribution is -0.142. The number of carbonyl (C=O) groups excluding carboxylic acids is 2. The first-order chi connectivity index (χ1) is 15.4. The number of aliphatic hydroxyl groups is 1. The number of rotatable bonds is 6. The Morgan fingerprint density at radius 1 is 1.28 bits per heavy atom. The van der Waals surface area contributed by atoms with Crippen LogP contribution in [0.15, 0.2) is 29.8 Å². The molecule has 2 amide bonds. The SMILES string of the molecule is Cc1ncsc1-c1ccc(CNC(=O)C2CC(O)CN2C(=O)C(C)N2CCNCC2)cc1. The fraction of sp³-hybridized carbons (Fsp3) is 0.522. The Kier molecular flexibility index (Phi) is 7.20. The van der Waals surface area contributed by atoms with Crippen LogP contribution in [0.1, 0.15) is 24.6 Å². The number of amides is 2. The van der Waals surface area contributed by atoms with Crippen LogP contribution in [-0.2, 0) is 16.1 Å². The van der Waals surface area contributed by atoms with E-state index >= 15 is 0 Å². The lowest BCUT2D eigenvalue weighted by Crippen LogP contribution is -2.56. The molecule has 172 valence electrons. The molecule has 2 fully saturated rings. The second-order valence-electron chi connectivity index (χ2n) is 8.54. The summed E-state index contributed by atoms with van der Waals surface area (Å²) >= 11 is 1.61. The molecule has 0 aliphatic carbocycles. The van der Waals surface area contributed by atoms with Crippen LogP contribution in [0.5, 0.6) is 0 Å². The average molecular weight is 458 g/mol. The van der Waals surface area contributed by atoms with Crippen molar-refractivity contribution in [1.82, 2.24) is 25.4 Å². The Balaban J connectivity index is 1.36. The van der Waals surface area contributed by atoms with Crippen LogP contribution in [-0.4, -0.2) is 82.6 Å². The highest BCUT2D eigenvalue weighted by Crippen LogP contribution is 2.27. The number of carbonyl (C=O) groups is 2. The molecule has 32 heavy (non-hydrogen) atoms. The monoisotopic (exact) mass is 457 g/mol. The summed E-state index contributed by atoms with van der Waals surface area (Å²) in [5, 5.41) is 16.4. The van der Waals surface area contributed by atoms with Gasteiger partial charge in [-0.15, -0.1) is 11.3 Å². The molecule has 0 saturated carbocycles. The Morgan fingerprint density at radius 2 is 2.00 bits per heavy atom. The van der Waals surface area contributed by atoms with Crippen molar-refractivity contribution in [3.8, 4) is 10.4 Å². The van der Waals surface area contributed by atoms with Gasteiger partial charge in [-0.2, -0.15) is 0 Å². The van der Waals surface area contributed by atoms with Crippen molar-refractivity contribution in [3.63, 3.8) is 0 Å². The first kappa shape index (κ1) is 22.8. The second-order valence-corrected chi connectivity index (χ2v) is 9.39. The number of thiazole rings is 1. The summed E-state index contributed by atoms with van der Waals surface area (Å²) in [4.78, 5) is 35.2. The van der Waals surface area contributed by atoms with Crippen molar-refractivity contribution < 1.29 is 14.7 Å². The fourth-order valence-corrected chi connectivity index (χ4v) is 5.24. The van der Waals surface area contributed by atoms with Gasteiger partial charge in [-0.05, 0) is 25.0 Å². The Hall–Kier alpha value is -2.33. The normalized spacial score (nSPS) is 22.7. The van der Waals surface area contributed by atoms with E-state index in [0.717, 1.165) is 47.9 Å². The summed E-state index contributed by atoms with van der Waals surface area (Å²) in [6.45, 7) is 7.77. The minimum atomic E-state index is -0.674. The predicted octanol–water partition coefficient (Wildman–Crippen LogP) is 0.990. The summed E-state index contributed by atoms with van der Waals surface area (Å²) in [5.74, 6) is -0.308. The molecule has 0 bridgehead atoms. The van der Waals surface area contributed by atoms with Crippen molar-refractivity contribution in [1.29, 1.82) is 0 Å². The van der Waals surface area contributed by atoms with E-state index in [-0.39, 0.29) is 30.8 Å². The number of benzene rings is 1. The highest BCUT2D eigenvalue weighted by molar-refractivity contribution is 7.13. The first-order valence-electron chi connectivity index (χ1n) is 11.1. The van der Waals surface area contributed by atoms with Gasteiger partial charge in [-0.1, -0.05) is 24.3 Å². The number of aliphatic hydroxyl groups excluding tert-OH is 1. The molecule has 2 aliphatic rings. The molecule has 8 nitrogen and oxygen atoms in total. The van der Waals surface area contributed by atoms with E-state index in [1.165, 1.54) is 0 Å². The number of aryl methyl sites for hydroxylation is 1. The molecule has 0 spiro atoms. The number of β-amino-alcohol motifs (C(OH)–C–C–N with tert-alkyl or cyclic N) is 1. The van der Waals surface area contributed by atoms with Gasteiger partial charge in [0.25, 0.3) is 0 Å². The number of nitrogens with zero attached hydrogens (tertiary/aromatic N) is 3. The Bertz CT molecular complexity index is 941. The third kappa shape index (κ3) is 5.01. The maximum Gasteiger partial charge on any atom is 0.243 e. The average Bonchev–Trinajstić information content (AvgIpc) is 3.43. The molecule has 0 radical (unpaired) electrons. The minimum Gasteiger partial charge on any atom is -0.391 e. The van der Waals surface area contributed by atoms with Gasteiger partial charge < -0.3 is 20.6 Å². The third-order valence-corrected chi connectivity index (χ3v) is 7.33. The highest BCUT2D eigenvalue weighted by atomic mass is 32.1.